The highest BCUT2D eigenvalue weighted by Gasteiger charge is 2.27. The molecule has 38 heavy (non-hydrogen) atoms. The maximum absolute atomic E-state index is 12.8. The zero-order valence-electron chi connectivity index (χ0n) is 22.5. The molecule has 2 heterocycles. The van der Waals surface area contributed by atoms with Crippen LogP contribution in [0, 0.1) is 6.92 Å². The Bertz CT molecular complexity index is 1500. The standard InChI is InChI=1S/C29H33NO6S2/c1-7-14-38(32,33)36-20-9-10-22(25(15-20)34-6)21-11-12-24-27(18(2)16-29(4,5)30-24)23(21)17-35-28(31)26-13-8-19(3)37-26/h8-13,15-16,30H,7,14,17H2,1-6H3. The van der Waals surface area contributed by atoms with E-state index in [2.05, 4.69) is 25.2 Å². The molecule has 0 amide bonds. The van der Waals surface area contributed by atoms with Gasteiger partial charge in [0, 0.05) is 33.3 Å². The molecule has 9 heteroatoms. The molecule has 0 unspecified atom stereocenters. The number of hydrogen-bond acceptors (Lipinski definition) is 8. The van der Waals surface area contributed by atoms with Gasteiger partial charge in [0.05, 0.1) is 18.4 Å². The number of esters is 1. The van der Waals surface area contributed by atoms with Crippen LogP contribution in [-0.2, 0) is 21.5 Å². The monoisotopic (exact) mass is 555 g/mol. The number of ether oxygens (including phenoxy) is 2. The Balaban J connectivity index is 1.79. The molecular formula is C29H33NO6S2. The molecule has 0 atom stereocenters. The maximum Gasteiger partial charge on any atom is 0.348 e. The number of carbonyl (C=O) groups excluding carboxylic acids is 1. The molecule has 3 aromatic rings. The van der Waals surface area contributed by atoms with Crippen molar-refractivity contribution in [1.29, 1.82) is 0 Å². The van der Waals surface area contributed by atoms with Gasteiger partial charge in [-0.1, -0.05) is 19.1 Å². The molecule has 0 saturated heterocycles. The van der Waals surface area contributed by atoms with E-state index in [4.69, 9.17) is 13.7 Å². The van der Waals surface area contributed by atoms with Gasteiger partial charge in [-0.15, -0.1) is 11.3 Å². The van der Waals surface area contributed by atoms with E-state index in [1.807, 2.05) is 32.0 Å². The van der Waals surface area contributed by atoms with E-state index < -0.39 is 10.1 Å². The molecule has 202 valence electrons. The molecule has 0 radical (unpaired) electrons. The zero-order valence-corrected chi connectivity index (χ0v) is 24.1. The first-order valence-electron chi connectivity index (χ1n) is 12.4. The molecule has 0 bridgehead atoms. The lowest BCUT2D eigenvalue weighted by Crippen LogP contribution is -2.32. The van der Waals surface area contributed by atoms with Crippen LogP contribution >= 0.6 is 11.3 Å². The van der Waals surface area contributed by atoms with Crippen molar-refractivity contribution < 1.29 is 26.9 Å². The summed E-state index contributed by atoms with van der Waals surface area (Å²) >= 11 is 1.39. The van der Waals surface area contributed by atoms with Gasteiger partial charge in [-0.05, 0) is 75.6 Å². The Morgan fingerprint density at radius 2 is 1.79 bits per heavy atom. The quantitative estimate of drug-likeness (QED) is 0.229. The lowest BCUT2D eigenvalue weighted by Gasteiger charge is -2.33. The molecule has 2 aromatic carbocycles. The first kappa shape index (κ1) is 27.7. The van der Waals surface area contributed by atoms with Gasteiger partial charge in [-0.25, -0.2) is 4.79 Å². The second-order valence-electron chi connectivity index (χ2n) is 9.88. The van der Waals surface area contributed by atoms with Crippen LogP contribution < -0.4 is 14.2 Å². The van der Waals surface area contributed by atoms with Crippen LogP contribution in [0.4, 0.5) is 5.69 Å². The number of anilines is 1. The summed E-state index contributed by atoms with van der Waals surface area (Å²) < 4.78 is 41.2. The Morgan fingerprint density at radius 1 is 1.05 bits per heavy atom. The van der Waals surface area contributed by atoms with Crippen molar-refractivity contribution >= 4 is 38.7 Å². The predicted octanol–water partition coefficient (Wildman–Crippen LogP) is 6.82. The molecule has 0 spiro atoms. The van der Waals surface area contributed by atoms with Crippen molar-refractivity contribution in [3.63, 3.8) is 0 Å². The number of benzene rings is 2. The maximum atomic E-state index is 12.8. The third-order valence-electron chi connectivity index (χ3n) is 6.17. The highest BCUT2D eigenvalue weighted by molar-refractivity contribution is 7.87. The van der Waals surface area contributed by atoms with Gasteiger partial charge in [-0.3, -0.25) is 0 Å². The SMILES string of the molecule is CCCS(=O)(=O)Oc1ccc(-c2ccc3c(c2COC(=O)c2ccc(C)s2)C(C)=CC(C)(C)N3)c(OC)c1. The highest BCUT2D eigenvalue weighted by atomic mass is 32.2. The van der Waals surface area contributed by atoms with E-state index in [0.717, 1.165) is 38.4 Å². The first-order chi connectivity index (χ1) is 17.9. The predicted molar refractivity (Wildman–Crippen MR) is 153 cm³/mol. The van der Waals surface area contributed by atoms with Crippen molar-refractivity contribution in [3.05, 3.63) is 69.4 Å². The van der Waals surface area contributed by atoms with E-state index in [-0.39, 0.29) is 29.6 Å². The fourth-order valence-electron chi connectivity index (χ4n) is 4.74. The van der Waals surface area contributed by atoms with Gasteiger partial charge in [0.1, 0.15) is 23.0 Å². The summed E-state index contributed by atoms with van der Waals surface area (Å²) in [6.07, 6.45) is 2.61. The number of rotatable bonds is 9. The normalized spacial score (nSPS) is 14.2. The third-order valence-corrected chi connectivity index (χ3v) is 8.51. The smallest absolute Gasteiger partial charge is 0.348 e. The number of carbonyl (C=O) groups is 1. The van der Waals surface area contributed by atoms with E-state index in [1.165, 1.54) is 18.4 Å². The second-order valence-corrected chi connectivity index (χ2v) is 12.9. The van der Waals surface area contributed by atoms with E-state index in [0.29, 0.717) is 17.0 Å². The minimum absolute atomic E-state index is 0.0495. The van der Waals surface area contributed by atoms with Gasteiger partial charge >= 0.3 is 16.1 Å². The van der Waals surface area contributed by atoms with Crippen LogP contribution in [-0.4, -0.2) is 32.8 Å². The van der Waals surface area contributed by atoms with E-state index in [9.17, 15) is 13.2 Å². The molecule has 0 aliphatic carbocycles. The Hall–Kier alpha value is -3.30. The molecule has 1 N–H and O–H groups in total. The van der Waals surface area contributed by atoms with Crippen molar-refractivity contribution in [3.8, 4) is 22.6 Å². The largest absolute Gasteiger partial charge is 0.496 e. The number of fused-ring (bicyclic) bond motifs is 1. The summed E-state index contributed by atoms with van der Waals surface area (Å²) in [7, 11) is -2.17. The van der Waals surface area contributed by atoms with E-state index in [1.54, 1.807) is 31.2 Å². The lowest BCUT2D eigenvalue weighted by atomic mass is 9.85. The molecule has 4 rings (SSSR count). The average molecular weight is 556 g/mol. The lowest BCUT2D eigenvalue weighted by molar-refractivity contribution is 0.0479. The molecule has 1 aromatic heterocycles. The molecular weight excluding hydrogens is 522 g/mol. The van der Waals surface area contributed by atoms with Crippen LogP contribution in [0.25, 0.3) is 16.7 Å². The van der Waals surface area contributed by atoms with Gasteiger partial charge in [0.25, 0.3) is 0 Å². The van der Waals surface area contributed by atoms with Crippen molar-refractivity contribution in [2.45, 2.75) is 53.2 Å². The van der Waals surface area contributed by atoms with Gasteiger partial charge in [0.2, 0.25) is 0 Å². The van der Waals surface area contributed by atoms with Crippen LogP contribution in [0.2, 0.25) is 0 Å². The Labute approximate surface area is 228 Å². The molecule has 0 saturated carbocycles. The molecule has 0 fully saturated rings. The number of allylic oxidation sites excluding steroid dienone is 1. The fraction of sp³-hybridized carbons (Fsp3) is 0.345. The number of thiophene rings is 1. The highest BCUT2D eigenvalue weighted by Crippen LogP contribution is 2.43. The molecule has 7 nitrogen and oxygen atoms in total. The fourth-order valence-corrected chi connectivity index (χ4v) is 6.48. The van der Waals surface area contributed by atoms with Crippen molar-refractivity contribution in [2.24, 2.45) is 0 Å². The number of nitrogens with one attached hydrogen (secondary N) is 1. The van der Waals surface area contributed by atoms with Gasteiger partial charge in [0.15, 0.2) is 0 Å². The summed E-state index contributed by atoms with van der Waals surface area (Å²) in [5, 5.41) is 3.55. The average Bonchev–Trinajstić information content (AvgIpc) is 3.27. The number of aryl methyl sites for hydroxylation is 1. The first-order valence-corrected chi connectivity index (χ1v) is 14.8. The summed E-state index contributed by atoms with van der Waals surface area (Å²) in [4.78, 5) is 14.4. The molecule has 1 aliphatic heterocycles. The van der Waals surface area contributed by atoms with Crippen LogP contribution in [0.1, 0.15) is 59.8 Å². The topological polar surface area (TPSA) is 90.9 Å². The Morgan fingerprint density at radius 3 is 2.45 bits per heavy atom. The Kier molecular flexibility index (Phi) is 7.90. The minimum atomic E-state index is -3.70. The number of methoxy groups -OCH3 is 1. The van der Waals surface area contributed by atoms with Crippen LogP contribution in [0.3, 0.4) is 0 Å². The van der Waals surface area contributed by atoms with E-state index >= 15 is 0 Å². The number of hydrogen-bond donors (Lipinski definition) is 1. The van der Waals surface area contributed by atoms with Crippen LogP contribution in [0.15, 0.2) is 48.5 Å². The third kappa shape index (κ3) is 6.05. The summed E-state index contributed by atoms with van der Waals surface area (Å²) in [5.41, 5.74) is 5.10. The summed E-state index contributed by atoms with van der Waals surface area (Å²) in [6.45, 7) is 10.0. The molecule has 1 aliphatic rings. The second kappa shape index (κ2) is 10.8. The van der Waals surface area contributed by atoms with Crippen molar-refractivity contribution in [1.82, 2.24) is 0 Å². The summed E-state index contributed by atoms with van der Waals surface area (Å²) in [6, 6.07) is 12.6. The van der Waals surface area contributed by atoms with Crippen LogP contribution in [0.5, 0.6) is 11.5 Å². The van der Waals surface area contributed by atoms with Gasteiger partial charge in [-0.2, -0.15) is 8.42 Å². The van der Waals surface area contributed by atoms with Gasteiger partial charge < -0.3 is 19.0 Å². The summed E-state index contributed by atoms with van der Waals surface area (Å²) in [5.74, 6) is 0.170. The minimum Gasteiger partial charge on any atom is -0.496 e. The zero-order chi connectivity index (χ0) is 27.7. The van der Waals surface area contributed by atoms with Crippen molar-refractivity contribution in [2.75, 3.05) is 18.2 Å².